The molecule has 2 aliphatic rings. The van der Waals surface area contributed by atoms with E-state index in [0.717, 1.165) is 51.3 Å². The van der Waals surface area contributed by atoms with Gasteiger partial charge in [0.25, 0.3) is 5.91 Å². The predicted molar refractivity (Wildman–Crippen MR) is 107 cm³/mol. The number of piperidine rings is 1. The van der Waals surface area contributed by atoms with E-state index in [2.05, 4.69) is 9.88 Å². The molecule has 1 atom stereocenters. The number of para-hydroxylation sites is 1. The summed E-state index contributed by atoms with van der Waals surface area (Å²) >= 11 is 1.72. The van der Waals surface area contributed by atoms with Gasteiger partial charge in [-0.05, 0) is 44.4 Å². The van der Waals surface area contributed by atoms with Crippen molar-refractivity contribution in [1.82, 2.24) is 14.8 Å². The normalized spacial score (nSPS) is 20.7. The first-order chi connectivity index (χ1) is 13.3. The summed E-state index contributed by atoms with van der Waals surface area (Å²) in [6.45, 7) is 5.47. The van der Waals surface area contributed by atoms with Crippen LogP contribution in [0.25, 0.3) is 0 Å². The number of amides is 1. The van der Waals surface area contributed by atoms with Gasteiger partial charge >= 0.3 is 0 Å². The van der Waals surface area contributed by atoms with Crippen LogP contribution >= 0.6 is 11.3 Å². The van der Waals surface area contributed by atoms with Crippen LogP contribution in [0.5, 0.6) is 5.75 Å². The van der Waals surface area contributed by atoms with Crippen LogP contribution in [0, 0.1) is 5.92 Å². The molecule has 1 aromatic heterocycles. The second-order valence-corrected chi connectivity index (χ2v) is 8.45. The lowest BCUT2D eigenvalue weighted by atomic mass is 9.99. The quantitative estimate of drug-likeness (QED) is 0.761. The number of aromatic nitrogens is 1. The van der Waals surface area contributed by atoms with E-state index in [4.69, 9.17) is 4.74 Å². The minimum Gasteiger partial charge on any atom is -0.492 e. The molecule has 144 valence electrons. The number of carbonyl (C=O) groups is 1. The number of nitrogens with zero attached hydrogens (tertiary/aromatic N) is 3. The Bertz CT molecular complexity index is 744. The van der Waals surface area contributed by atoms with E-state index in [1.165, 1.54) is 17.8 Å². The molecule has 0 radical (unpaired) electrons. The molecule has 27 heavy (non-hydrogen) atoms. The highest BCUT2D eigenvalue weighted by molar-refractivity contribution is 7.09. The predicted octanol–water partition coefficient (Wildman–Crippen LogP) is 3.67. The van der Waals surface area contributed by atoms with Gasteiger partial charge in [-0.25, -0.2) is 4.98 Å². The zero-order valence-corrected chi connectivity index (χ0v) is 16.5. The number of likely N-dealkylation sites (tertiary alicyclic amines) is 2. The number of hydrogen-bond donors (Lipinski definition) is 0. The topological polar surface area (TPSA) is 45.7 Å². The Morgan fingerprint density at radius 2 is 2.04 bits per heavy atom. The first-order valence-corrected chi connectivity index (χ1v) is 10.8. The molecule has 0 N–H and O–H groups in total. The summed E-state index contributed by atoms with van der Waals surface area (Å²) < 4.78 is 6.15. The Morgan fingerprint density at radius 3 is 2.85 bits per heavy atom. The van der Waals surface area contributed by atoms with Crippen molar-refractivity contribution in [2.45, 2.75) is 32.2 Å². The Kier molecular flexibility index (Phi) is 6.04. The lowest BCUT2D eigenvalue weighted by molar-refractivity contribution is 0.0784. The smallest absolute Gasteiger partial charge is 0.257 e. The number of carbonyl (C=O) groups excluding carboxylic acids is 1. The van der Waals surface area contributed by atoms with Crippen molar-refractivity contribution in [3.8, 4) is 5.75 Å². The minimum absolute atomic E-state index is 0.108. The van der Waals surface area contributed by atoms with Crippen LogP contribution in [0.3, 0.4) is 0 Å². The Labute approximate surface area is 165 Å². The largest absolute Gasteiger partial charge is 0.492 e. The molecule has 2 fully saturated rings. The zero-order chi connectivity index (χ0) is 18.5. The fraction of sp³-hybridized carbons (Fsp3) is 0.524. The molecular formula is C21H27N3O2S. The van der Waals surface area contributed by atoms with Gasteiger partial charge in [0.1, 0.15) is 10.8 Å². The van der Waals surface area contributed by atoms with Gasteiger partial charge in [0.2, 0.25) is 0 Å². The van der Waals surface area contributed by atoms with E-state index in [1.807, 2.05) is 40.7 Å². The van der Waals surface area contributed by atoms with Gasteiger partial charge in [0.05, 0.1) is 18.7 Å². The molecule has 1 unspecified atom stereocenters. The third-order valence-electron chi connectivity index (χ3n) is 5.43. The highest BCUT2D eigenvalue weighted by atomic mass is 32.1. The Hall–Kier alpha value is -1.92. The van der Waals surface area contributed by atoms with Crippen molar-refractivity contribution in [3.63, 3.8) is 0 Å². The molecule has 3 heterocycles. The number of thiazole rings is 1. The van der Waals surface area contributed by atoms with E-state index in [0.29, 0.717) is 18.1 Å². The van der Waals surface area contributed by atoms with Gasteiger partial charge in [-0.1, -0.05) is 12.1 Å². The first-order valence-electron chi connectivity index (χ1n) is 9.91. The van der Waals surface area contributed by atoms with Crippen LogP contribution in [-0.4, -0.2) is 53.5 Å². The summed E-state index contributed by atoms with van der Waals surface area (Å²) in [4.78, 5) is 21.6. The van der Waals surface area contributed by atoms with Crippen LogP contribution in [0.2, 0.25) is 0 Å². The number of hydrogen-bond acceptors (Lipinski definition) is 5. The number of ether oxygens (including phenoxy) is 1. The fourth-order valence-corrected chi connectivity index (χ4v) is 4.68. The van der Waals surface area contributed by atoms with Crippen LogP contribution in [0.15, 0.2) is 35.8 Å². The highest BCUT2D eigenvalue weighted by Gasteiger charge is 2.24. The third-order valence-corrected chi connectivity index (χ3v) is 6.20. The first kappa shape index (κ1) is 18.4. The lowest BCUT2D eigenvalue weighted by Gasteiger charge is -2.32. The van der Waals surface area contributed by atoms with Gasteiger partial charge in [0.15, 0.2) is 0 Å². The molecule has 0 bridgehead atoms. The van der Waals surface area contributed by atoms with Gasteiger partial charge in [-0.2, -0.15) is 0 Å². The van der Waals surface area contributed by atoms with E-state index in [-0.39, 0.29) is 5.91 Å². The molecule has 1 aromatic carbocycles. The highest BCUT2D eigenvalue weighted by Crippen LogP contribution is 2.25. The van der Waals surface area contributed by atoms with Crippen LogP contribution in [-0.2, 0) is 6.54 Å². The molecule has 6 heteroatoms. The van der Waals surface area contributed by atoms with E-state index < -0.39 is 0 Å². The molecule has 1 amide bonds. The van der Waals surface area contributed by atoms with Gasteiger partial charge < -0.3 is 9.64 Å². The van der Waals surface area contributed by atoms with Gasteiger partial charge in [0, 0.05) is 37.1 Å². The summed E-state index contributed by atoms with van der Waals surface area (Å²) in [7, 11) is 0. The van der Waals surface area contributed by atoms with Crippen molar-refractivity contribution in [1.29, 1.82) is 0 Å². The van der Waals surface area contributed by atoms with Crippen molar-refractivity contribution in [2.75, 3.05) is 32.8 Å². The average Bonchev–Trinajstić information content (AvgIpc) is 3.40. The second-order valence-electron chi connectivity index (χ2n) is 7.48. The molecule has 4 rings (SSSR count). The summed E-state index contributed by atoms with van der Waals surface area (Å²) in [6, 6.07) is 7.70. The van der Waals surface area contributed by atoms with Crippen LogP contribution in [0.4, 0.5) is 0 Å². The van der Waals surface area contributed by atoms with E-state index in [9.17, 15) is 4.79 Å². The van der Waals surface area contributed by atoms with Gasteiger partial charge in [-0.3, -0.25) is 9.69 Å². The second kappa shape index (κ2) is 8.85. The maximum atomic E-state index is 12.8. The number of benzene rings is 1. The summed E-state index contributed by atoms with van der Waals surface area (Å²) in [5, 5.41) is 3.21. The summed E-state index contributed by atoms with van der Waals surface area (Å²) in [6.07, 6.45) is 6.45. The van der Waals surface area contributed by atoms with Crippen molar-refractivity contribution in [2.24, 2.45) is 5.92 Å². The standard InChI is InChI=1S/C21H27N3O2S/c25-21(24-11-3-4-12-24)18-7-1-2-8-19(18)26-16-17-6-5-10-23(14-17)15-20-22-9-13-27-20/h1-2,7-9,13,17H,3-6,10-12,14-16H2. The minimum atomic E-state index is 0.108. The van der Waals surface area contributed by atoms with Crippen molar-refractivity contribution < 1.29 is 9.53 Å². The zero-order valence-electron chi connectivity index (χ0n) is 15.7. The van der Waals surface area contributed by atoms with Crippen molar-refractivity contribution in [3.05, 3.63) is 46.4 Å². The monoisotopic (exact) mass is 385 g/mol. The molecule has 2 aromatic rings. The molecule has 0 saturated carbocycles. The molecule has 2 aliphatic heterocycles. The molecule has 5 nitrogen and oxygen atoms in total. The summed E-state index contributed by atoms with van der Waals surface area (Å²) in [5.74, 6) is 1.33. The Balaban J connectivity index is 1.35. The SMILES string of the molecule is O=C(c1ccccc1OCC1CCCN(Cc2nccs2)C1)N1CCCC1. The number of rotatable bonds is 6. The molecule has 0 aliphatic carbocycles. The van der Waals surface area contributed by atoms with Crippen LogP contribution in [0.1, 0.15) is 41.0 Å². The van der Waals surface area contributed by atoms with Crippen molar-refractivity contribution >= 4 is 17.2 Å². The maximum absolute atomic E-state index is 12.8. The summed E-state index contributed by atoms with van der Waals surface area (Å²) in [5.41, 5.74) is 0.704. The fourth-order valence-electron chi connectivity index (χ4n) is 4.02. The Morgan fingerprint density at radius 1 is 1.19 bits per heavy atom. The third kappa shape index (κ3) is 4.68. The van der Waals surface area contributed by atoms with Crippen LogP contribution < -0.4 is 4.74 Å². The van der Waals surface area contributed by atoms with E-state index >= 15 is 0 Å². The molecule has 2 saturated heterocycles. The van der Waals surface area contributed by atoms with E-state index in [1.54, 1.807) is 11.3 Å². The van der Waals surface area contributed by atoms with Gasteiger partial charge in [-0.15, -0.1) is 11.3 Å². The molecule has 0 spiro atoms. The lowest BCUT2D eigenvalue weighted by Crippen LogP contribution is -2.37. The average molecular weight is 386 g/mol. The molecular weight excluding hydrogens is 358 g/mol. The maximum Gasteiger partial charge on any atom is 0.257 e.